The molecule has 0 atom stereocenters. The minimum Gasteiger partial charge on any atom is -0.369 e. The van der Waals surface area contributed by atoms with Crippen LogP contribution in [0.25, 0.3) is 0 Å². The van der Waals surface area contributed by atoms with E-state index in [-0.39, 0.29) is 12.6 Å². The fraction of sp³-hybridized carbons (Fsp3) is 0.692. The molecule has 0 fully saturated rings. The monoisotopic (exact) mass is 290 g/mol. The molecule has 0 aliphatic carbocycles. The number of alkyl halides is 3. The molecule has 7 heteroatoms. The van der Waals surface area contributed by atoms with E-state index >= 15 is 0 Å². The fourth-order valence-corrected chi connectivity index (χ4v) is 1.64. The van der Waals surface area contributed by atoms with Gasteiger partial charge in [-0.05, 0) is 20.3 Å². The first-order valence-corrected chi connectivity index (χ1v) is 6.67. The average molecular weight is 290 g/mol. The molecule has 1 rings (SSSR count). The SMILES string of the molecule is CCCNc1cnc(CN(CC(F)(F)F)C(C)C)cn1. The van der Waals surface area contributed by atoms with Crippen molar-refractivity contribution in [3.63, 3.8) is 0 Å². The predicted octanol–water partition coefficient (Wildman–Crippen LogP) is 3.07. The molecule has 0 bridgehead atoms. The maximum Gasteiger partial charge on any atom is 0.401 e. The molecule has 0 aliphatic heterocycles. The van der Waals surface area contributed by atoms with E-state index in [9.17, 15) is 13.2 Å². The Balaban J connectivity index is 2.64. The first kappa shape index (κ1) is 16.7. The van der Waals surface area contributed by atoms with Gasteiger partial charge in [-0.15, -0.1) is 0 Å². The number of aromatic nitrogens is 2. The highest BCUT2D eigenvalue weighted by atomic mass is 19.4. The lowest BCUT2D eigenvalue weighted by Crippen LogP contribution is -2.38. The molecule has 0 aromatic carbocycles. The summed E-state index contributed by atoms with van der Waals surface area (Å²) >= 11 is 0. The number of nitrogens with zero attached hydrogens (tertiary/aromatic N) is 3. The van der Waals surface area contributed by atoms with Crippen molar-refractivity contribution in [3.8, 4) is 0 Å². The van der Waals surface area contributed by atoms with Crippen molar-refractivity contribution >= 4 is 5.82 Å². The third-order valence-electron chi connectivity index (χ3n) is 2.74. The second-order valence-electron chi connectivity index (χ2n) is 4.93. The van der Waals surface area contributed by atoms with Crippen LogP contribution < -0.4 is 5.32 Å². The molecule has 20 heavy (non-hydrogen) atoms. The van der Waals surface area contributed by atoms with Gasteiger partial charge in [0.15, 0.2) is 0 Å². The van der Waals surface area contributed by atoms with Crippen molar-refractivity contribution in [3.05, 3.63) is 18.1 Å². The molecule has 0 radical (unpaired) electrons. The Morgan fingerprint density at radius 1 is 1.25 bits per heavy atom. The summed E-state index contributed by atoms with van der Waals surface area (Å²) in [5, 5.41) is 3.07. The Bertz CT molecular complexity index is 390. The van der Waals surface area contributed by atoms with E-state index in [1.54, 1.807) is 20.0 Å². The van der Waals surface area contributed by atoms with Gasteiger partial charge in [-0.3, -0.25) is 9.88 Å². The van der Waals surface area contributed by atoms with Crippen LogP contribution in [0.15, 0.2) is 12.4 Å². The van der Waals surface area contributed by atoms with Crippen LogP contribution in [0.3, 0.4) is 0 Å². The fourth-order valence-electron chi connectivity index (χ4n) is 1.64. The Kier molecular flexibility index (Phi) is 6.19. The second kappa shape index (κ2) is 7.42. The van der Waals surface area contributed by atoms with Crippen LogP contribution >= 0.6 is 0 Å². The van der Waals surface area contributed by atoms with Crippen molar-refractivity contribution in [2.45, 2.75) is 46.0 Å². The van der Waals surface area contributed by atoms with Gasteiger partial charge in [0.2, 0.25) is 0 Å². The third kappa shape index (κ3) is 6.18. The molecule has 1 aromatic heterocycles. The summed E-state index contributed by atoms with van der Waals surface area (Å²) in [5.74, 6) is 0.641. The summed E-state index contributed by atoms with van der Waals surface area (Å²) in [6.07, 6.45) is -0.169. The lowest BCUT2D eigenvalue weighted by atomic mass is 10.3. The molecule has 0 saturated carbocycles. The maximum absolute atomic E-state index is 12.5. The number of anilines is 1. The number of halogens is 3. The normalized spacial score (nSPS) is 12.2. The van der Waals surface area contributed by atoms with Crippen LogP contribution in [0.5, 0.6) is 0 Å². The van der Waals surface area contributed by atoms with E-state index in [1.807, 2.05) is 6.92 Å². The van der Waals surface area contributed by atoms with Crippen molar-refractivity contribution in [2.24, 2.45) is 0 Å². The van der Waals surface area contributed by atoms with E-state index in [2.05, 4.69) is 15.3 Å². The molecular formula is C13H21F3N4. The van der Waals surface area contributed by atoms with Crippen molar-refractivity contribution < 1.29 is 13.2 Å². The average Bonchev–Trinajstić information content (AvgIpc) is 2.35. The quantitative estimate of drug-likeness (QED) is 0.838. The largest absolute Gasteiger partial charge is 0.401 e. The van der Waals surface area contributed by atoms with Gasteiger partial charge in [0.1, 0.15) is 5.82 Å². The van der Waals surface area contributed by atoms with E-state index in [1.165, 1.54) is 11.1 Å². The maximum atomic E-state index is 12.5. The Morgan fingerprint density at radius 2 is 1.95 bits per heavy atom. The first-order valence-electron chi connectivity index (χ1n) is 6.67. The predicted molar refractivity (Wildman–Crippen MR) is 72.4 cm³/mol. The van der Waals surface area contributed by atoms with Gasteiger partial charge in [-0.25, -0.2) is 4.98 Å². The summed E-state index contributed by atoms with van der Waals surface area (Å²) in [6.45, 7) is 5.49. The van der Waals surface area contributed by atoms with E-state index in [0.29, 0.717) is 11.5 Å². The molecular weight excluding hydrogens is 269 g/mol. The van der Waals surface area contributed by atoms with Crippen molar-refractivity contribution in [1.82, 2.24) is 14.9 Å². The molecule has 0 saturated heterocycles. The summed E-state index contributed by atoms with van der Waals surface area (Å²) < 4.78 is 37.5. The van der Waals surface area contributed by atoms with Gasteiger partial charge in [-0.1, -0.05) is 6.92 Å². The minimum atomic E-state index is -4.21. The van der Waals surface area contributed by atoms with Crippen LogP contribution in [-0.2, 0) is 6.54 Å². The van der Waals surface area contributed by atoms with Crippen molar-refractivity contribution in [1.29, 1.82) is 0 Å². The highest BCUT2D eigenvalue weighted by molar-refractivity contribution is 5.30. The zero-order valence-corrected chi connectivity index (χ0v) is 12.0. The lowest BCUT2D eigenvalue weighted by Gasteiger charge is -2.26. The summed E-state index contributed by atoms with van der Waals surface area (Å²) in [6, 6.07) is -0.212. The zero-order chi connectivity index (χ0) is 15.2. The van der Waals surface area contributed by atoms with Gasteiger partial charge < -0.3 is 5.32 Å². The Hall–Kier alpha value is -1.37. The summed E-state index contributed by atoms with van der Waals surface area (Å²) in [4.78, 5) is 9.62. The number of hydrogen-bond acceptors (Lipinski definition) is 4. The first-order chi connectivity index (χ1) is 9.31. The Labute approximate surface area is 117 Å². The smallest absolute Gasteiger partial charge is 0.369 e. The lowest BCUT2D eigenvalue weighted by molar-refractivity contribution is -0.151. The molecule has 0 amide bonds. The second-order valence-corrected chi connectivity index (χ2v) is 4.93. The number of nitrogens with one attached hydrogen (secondary N) is 1. The van der Waals surface area contributed by atoms with E-state index in [4.69, 9.17) is 0 Å². The van der Waals surface area contributed by atoms with Gasteiger partial charge >= 0.3 is 6.18 Å². The Morgan fingerprint density at radius 3 is 2.40 bits per heavy atom. The third-order valence-corrected chi connectivity index (χ3v) is 2.74. The van der Waals surface area contributed by atoms with Gasteiger partial charge in [-0.2, -0.15) is 13.2 Å². The van der Waals surface area contributed by atoms with Gasteiger partial charge in [0.25, 0.3) is 0 Å². The van der Waals surface area contributed by atoms with Gasteiger partial charge in [0.05, 0.1) is 24.6 Å². The van der Waals surface area contributed by atoms with Crippen LogP contribution in [0.4, 0.5) is 19.0 Å². The molecule has 4 nitrogen and oxygen atoms in total. The number of hydrogen-bond donors (Lipinski definition) is 1. The minimum absolute atomic E-state index is 0.137. The van der Waals surface area contributed by atoms with Crippen molar-refractivity contribution in [2.75, 3.05) is 18.4 Å². The van der Waals surface area contributed by atoms with Crippen LogP contribution in [0.2, 0.25) is 0 Å². The molecule has 0 spiro atoms. The van der Waals surface area contributed by atoms with Crippen LogP contribution in [0, 0.1) is 0 Å². The highest BCUT2D eigenvalue weighted by Gasteiger charge is 2.31. The molecule has 1 heterocycles. The molecule has 114 valence electrons. The van der Waals surface area contributed by atoms with E-state index < -0.39 is 12.7 Å². The molecule has 1 N–H and O–H groups in total. The molecule has 0 unspecified atom stereocenters. The standard InChI is InChI=1S/C13H21F3N4/c1-4-5-17-12-7-18-11(6-19-12)8-20(10(2)3)9-13(14,15)16/h6-7,10H,4-5,8-9H2,1-3H3,(H,17,19). The topological polar surface area (TPSA) is 41.1 Å². The number of rotatable bonds is 7. The van der Waals surface area contributed by atoms with E-state index in [0.717, 1.165) is 13.0 Å². The zero-order valence-electron chi connectivity index (χ0n) is 12.0. The van der Waals surface area contributed by atoms with Gasteiger partial charge in [0, 0.05) is 19.1 Å². The van der Waals surface area contributed by atoms with Crippen LogP contribution in [0.1, 0.15) is 32.9 Å². The highest BCUT2D eigenvalue weighted by Crippen LogP contribution is 2.19. The molecule has 0 aliphatic rings. The summed E-state index contributed by atoms with van der Waals surface area (Å²) in [5.41, 5.74) is 0.532. The van der Waals surface area contributed by atoms with Crippen LogP contribution in [-0.4, -0.2) is 40.2 Å². The molecule has 1 aromatic rings. The summed E-state index contributed by atoms with van der Waals surface area (Å²) in [7, 11) is 0.